The molecule has 1 heterocycles. The Bertz CT molecular complexity index is 532. The number of carbonyl (C=O) groups excluding carboxylic acids is 2. The van der Waals surface area contributed by atoms with Gasteiger partial charge in [0.05, 0.1) is 6.61 Å². The fourth-order valence-corrected chi connectivity index (χ4v) is 4.18. The molecule has 0 spiro atoms. The highest BCUT2D eigenvalue weighted by Gasteiger charge is 2.32. The van der Waals surface area contributed by atoms with Gasteiger partial charge in [-0.3, -0.25) is 14.6 Å². The van der Waals surface area contributed by atoms with Crippen molar-refractivity contribution in [2.75, 3.05) is 32.8 Å². The highest BCUT2D eigenvalue weighted by molar-refractivity contribution is 5.81. The maximum Gasteiger partial charge on any atom is 0.305 e. The number of hydrogen-bond donors (Lipinski definition) is 2. The number of nitrogens with one attached hydrogen (secondary N) is 2. The maximum atomic E-state index is 12.6. The number of nitrogens with zero attached hydrogens (tertiary/aromatic N) is 2. The van der Waals surface area contributed by atoms with Gasteiger partial charge in [-0.15, -0.1) is 0 Å². The van der Waals surface area contributed by atoms with E-state index in [-0.39, 0.29) is 17.9 Å². The molecule has 1 aliphatic carbocycles. The van der Waals surface area contributed by atoms with Crippen molar-refractivity contribution in [3.8, 4) is 0 Å². The average Bonchev–Trinajstić information content (AvgIpc) is 3.39. The van der Waals surface area contributed by atoms with Crippen LogP contribution >= 0.6 is 0 Å². The van der Waals surface area contributed by atoms with Gasteiger partial charge in [-0.25, -0.2) is 0 Å². The van der Waals surface area contributed by atoms with Crippen LogP contribution in [0.4, 0.5) is 0 Å². The Morgan fingerprint density at radius 1 is 1.07 bits per heavy atom. The van der Waals surface area contributed by atoms with E-state index in [1.54, 1.807) is 0 Å². The van der Waals surface area contributed by atoms with E-state index in [1.165, 1.54) is 12.8 Å². The summed E-state index contributed by atoms with van der Waals surface area (Å²) in [5.41, 5.74) is 0. The van der Waals surface area contributed by atoms with E-state index < -0.39 is 0 Å². The molecule has 2 aliphatic rings. The summed E-state index contributed by atoms with van der Waals surface area (Å²) in [4.78, 5) is 30.6. The van der Waals surface area contributed by atoms with Gasteiger partial charge in [0.15, 0.2) is 5.96 Å². The molecule has 29 heavy (non-hydrogen) atoms. The number of amides is 1. The molecule has 7 heteroatoms. The third-order valence-corrected chi connectivity index (χ3v) is 5.75. The second-order valence-corrected chi connectivity index (χ2v) is 8.13. The standard InChI is InChI=1S/C22H40N4O3/c1-3-23-22(24-15-10-6-5-7-13-20(27)29-4-2)25-19-14-16-26(17-19)21(28)18-11-8-9-12-18/h18-19H,3-17H2,1-2H3,(H2,23,24,25). The van der Waals surface area contributed by atoms with Crippen molar-refractivity contribution in [2.45, 2.75) is 84.1 Å². The Labute approximate surface area is 176 Å². The lowest BCUT2D eigenvalue weighted by Gasteiger charge is -2.21. The van der Waals surface area contributed by atoms with E-state index in [4.69, 9.17) is 4.74 Å². The average molecular weight is 409 g/mol. The lowest BCUT2D eigenvalue weighted by molar-refractivity contribution is -0.143. The van der Waals surface area contributed by atoms with Crippen molar-refractivity contribution < 1.29 is 14.3 Å². The van der Waals surface area contributed by atoms with Crippen LogP contribution in [0.1, 0.15) is 78.1 Å². The zero-order valence-electron chi connectivity index (χ0n) is 18.4. The number of ether oxygens (including phenoxy) is 1. The largest absolute Gasteiger partial charge is 0.466 e. The van der Waals surface area contributed by atoms with Crippen LogP contribution in [-0.4, -0.2) is 61.6 Å². The topological polar surface area (TPSA) is 83.0 Å². The van der Waals surface area contributed by atoms with Crippen molar-refractivity contribution in [2.24, 2.45) is 10.9 Å². The molecule has 0 radical (unpaired) electrons. The Kier molecular flexibility index (Phi) is 10.9. The minimum absolute atomic E-state index is 0.0961. The first-order valence-electron chi connectivity index (χ1n) is 11.6. The van der Waals surface area contributed by atoms with Crippen LogP contribution in [0.15, 0.2) is 4.99 Å². The van der Waals surface area contributed by atoms with Crippen LogP contribution < -0.4 is 10.6 Å². The number of guanidine groups is 1. The first-order chi connectivity index (χ1) is 14.1. The summed E-state index contributed by atoms with van der Waals surface area (Å²) >= 11 is 0. The number of unbranched alkanes of at least 4 members (excludes halogenated alkanes) is 3. The monoisotopic (exact) mass is 408 g/mol. The van der Waals surface area contributed by atoms with E-state index in [9.17, 15) is 9.59 Å². The normalized spacial score (nSPS) is 20.1. The molecular formula is C22H40N4O3. The number of carbonyl (C=O) groups is 2. The zero-order chi connectivity index (χ0) is 20.9. The number of aliphatic imine (C=N–C) groups is 1. The summed E-state index contributed by atoms with van der Waals surface area (Å²) in [7, 11) is 0. The fourth-order valence-electron chi connectivity index (χ4n) is 4.18. The van der Waals surface area contributed by atoms with Crippen LogP contribution in [0.25, 0.3) is 0 Å². The number of esters is 1. The SMILES string of the molecule is CCNC(=NCCCCCCC(=O)OCC)NC1CCN(C(=O)C2CCCC2)C1. The van der Waals surface area contributed by atoms with Crippen LogP contribution in [0.2, 0.25) is 0 Å². The van der Waals surface area contributed by atoms with E-state index in [2.05, 4.69) is 22.5 Å². The minimum atomic E-state index is -0.0961. The first-order valence-corrected chi connectivity index (χ1v) is 11.6. The van der Waals surface area contributed by atoms with Gasteiger partial charge >= 0.3 is 5.97 Å². The molecule has 0 aromatic rings. The molecule has 7 nitrogen and oxygen atoms in total. The minimum Gasteiger partial charge on any atom is -0.466 e. The van der Waals surface area contributed by atoms with Crippen molar-refractivity contribution >= 4 is 17.8 Å². The first kappa shape index (κ1) is 23.5. The van der Waals surface area contributed by atoms with Crippen molar-refractivity contribution in [3.05, 3.63) is 0 Å². The molecule has 166 valence electrons. The molecule has 2 rings (SSSR count). The predicted octanol–water partition coefficient (Wildman–Crippen LogP) is 2.85. The number of rotatable bonds is 11. The molecule has 0 bridgehead atoms. The van der Waals surface area contributed by atoms with Crippen molar-refractivity contribution in [1.29, 1.82) is 0 Å². The van der Waals surface area contributed by atoms with Gasteiger partial charge in [0.1, 0.15) is 0 Å². The molecule has 2 N–H and O–H groups in total. The highest BCUT2D eigenvalue weighted by atomic mass is 16.5. The van der Waals surface area contributed by atoms with Gasteiger partial charge in [0.25, 0.3) is 0 Å². The summed E-state index contributed by atoms with van der Waals surface area (Å²) < 4.78 is 4.94. The Morgan fingerprint density at radius 3 is 2.55 bits per heavy atom. The van der Waals surface area contributed by atoms with Crippen molar-refractivity contribution in [1.82, 2.24) is 15.5 Å². The quantitative estimate of drug-likeness (QED) is 0.238. The van der Waals surface area contributed by atoms with Gasteiger partial charge in [-0.05, 0) is 46.0 Å². The molecule has 1 amide bonds. The second kappa shape index (κ2) is 13.4. The van der Waals surface area contributed by atoms with Crippen LogP contribution in [0, 0.1) is 5.92 Å². The number of likely N-dealkylation sites (tertiary alicyclic amines) is 1. The van der Waals surface area contributed by atoms with Gasteiger partial charge in [0.2, 0.25) is 5.91 Å². The Morgan fingerprint density at radius 2 is 1.83 bits per heavy atom. The molecule has 1 atom stereocenters. The van der Waals surface area contributed by atoms with Crippen LogP contribution in [0.3, 0.4) is 0 Å². The lowest BCUT2D eigenvalue weighted by atomic mass is 10.1. The number of hydrogen-bond acceptors (Lipinski definition) is 4. The Hall–Kier alpha value is -1.79. The van der Waals surface area contributed by atoms with E-state index in [0.29, 0.717) is 18.9 Å². The third kappa shape index (κ3) is 8.62. The van der Waals surface area contributed by atoms with Gasteiger partial charge in [-0.1, -0.05) is 25.7 Å². The molecule has 2 fully saturated rings. The summed E-state index contributed by atoms with van der Waals surface area (Å²) in [6, 6.07) is 0.280. The third-order valence-electron chi connectivity index (χ3n) is 5.75. The maximum absolute atomic E-state index is 12.6. The molecular weight excluding hydrogens is 368 g/mol. The summed E-state index contributed by atoms with van der Waals surface area (Å²) in [5.74, 6) is 1.37. The lowest BCUT2D eigenvalue weighted by Crippen LogP contribution is -2.45. The second-order valence-electron chi connectivity index (χ2n) is 8.13. The van der Waals surface area contributed by atoms with Gasteiger partial charge in [-0.2, -0.15) is 0 Å². The van der Waals surface area contributed by atoms with E-state index in [1.807, 2.05) is 11.8 Å². The highest BCUT2D eigenvalue weighted by Crippen LogP contribution is 2.27. The van der Waals surface area contributed by atoms with Crippen molar-refractivity contribution in [3.63, 3.8) is 0 Å². The molecule has 1 saturated carbocycles. The summed E-state index contributed by atoms with van der Waals surface area (Å²) in [5, 5.41) is 6.82. The van der Waals surface area contributed by atoms with Crippen LogP contribution in [0.5, 0.6) is 0 Å². The van der Waals surface area contributed by atoms with E-state index in [0.717, 1.165) is 77.1 Å². The molecule has 0 aromatic heterocycles. The molecule has 0 aromatic carbocycles. The van der Waals surface area contributed by atoms with E-state index >= 15 is 0 Å². The Balaban J connectivity index is 1.64. The molecule has 1 aliphatic heterocycles. The smallest absolute Gasteiger partial charge is 0.305 e. The zero-order valence-corrected chi connectivity index (χ0v) is 18.4. The predicted molar refractivity (Wildman–Crippen MR) is 116 cm³/mol. The summed E-state index contributed by atoms with van der Waals surface area (Å²) in [6.07, 6.45) is 10.0. The molecule has 1 unspecified atom stereocenters. The van der Waals surface area contributed by atoms with Gasteiger partial charge < -0.3 is 20.3 Å². The van der Waals surface area contributed by atoms with Crippen LogP contribution in [-0.2, 0) is 14.3 Å². The fraction of sp³-hybridized carbons (Fsp3) is 0.864. The summed E-state index contributed by atoms with van der Waals surface area (Å²) in [6.45, 7) is 7.59. The van der Waals surface area contributed by atoms with Gasteiger partial charge in [0, 0.05) is 44.6 Å². The molecule has 1 saturated heterocycles.